The van der Waals surface area contributed by atoms with Crippen LogP contribution in [0.3, 0.4) is 0 Å². The fourth-order valence-corrected chi connectivity index (χ4v) is 3.05. The number of pyridine rings is 1. The third kappa shape index (κ3) is 3.35. The lowest BCUT2D eigenvalue weighted by atomic mass is 9.99. The zero-order valence-electron chi connectivity index (χ0n) is 12.5. The lowest BCUT2D eigenvalue weighted by molar-refractivity contribution is 0.0601. The number of rotatable bonds is 5. The normalized spacial score (nSPS) is 21.9. The molecule has 3 rings (SSSR count). The molecule has 1 unspecified atom stereocenters. The van der Waals surface area contributed by atoms with Crippen LogP contribution in [0.1, 0.15) is 36.0 Å². The summed E-state index contributed by atoms with van der Waals surface area (Å²) in [5, 5.41) is 3.46. The number of carbonyl (C=O) groups excluding carboxylic acids is 1. The Balaban J connectivity index is 1.82. The van der Waals surface area contributed by atoms with Crippen molar-refractivity contribution in [2.45, 2.75) is 31.7 Å². The molecular weight excluding hydrogens is 266 g/mol. The third-order valence-corrected chi connectivity index (χ3v) is 4.31. The quantitative estimate of drug-likeness (QED) is 0.838. The Bertz CT molecular complexity index is 496. The van der Waals surface area contributed by atoms with E-state index in [2.05, 4.69) is 15.2 Å². The molecule has 1 aromatic heterocycles. The van der Waals surface area contributed by atoms with Crippen molar-refractivity contribution in [1.82, 2.24) is 10.3 Å². The van der Waals surface area contributed by atoms with Crippen molar-refractivity contribution >= 4 is 11.8 Å². The van der Waals surface area contributed by atoms with Gasteiger partial charge < -0.3 is 15.0 Å². The number of aromatic nitrogens is 1. The minimum Gasteiger partial charge on any atom is -0.465 e. The van der Waals surface area contributed by atoms with E-state index in [4.69, 9.17) is 4.74 Å². The number of ether oxygens (including phenoxy) is 1. The van der Waals surface area contributed by atoms with Gasteiger partial charge in [-0.2, -0.15) is 0 Å². The average molecular weight is 289 g/mol. The summed E-state index contributed by atoms with van der Waals surface area (Å²) >= 11 is 0. The van der Waals surface area contributed by atoms with Crippen LogP contribution < -0.4 is 10.2 Å². The Morgan fingerprint density at radius 1 is 1.48 bits per heavy atom. The van der Waals surface area contributed by atoms with E-state index in [0.29, 0.717) is 17.5 Å². The van der Waals surface area contributed by atoms with Crippen molar-refractivity contribution in [1.29, 1.82) is 0 Å². The van der Waals surface area contributed by atoms with E-state index < -0.39 is 0 Å². The number of nitrogens with one attached hydrogen (secondary N) is 1. The number of esters is 1. The van der Waals surface area contributed by atoms with E-state index in [1.54, 1.807) is 12.3 Å². The van der Waals surface area contributed by atoms with Crippen LogP contribution in [0.2, 0.25) is 0 Å². The Kier molecular flexibility index (Phi) is 4.39. The van der Waals surface area contributed by atoms with Crippen molar-refractivity contribution < 1.29 is 9.53 Å². The number of methoxy groups -OCH3 is 1. The van der Waals surface area contributed by atoms with Gasteiger partial charge >= 0.3 is 5.97 Å². The molecule has 5 heteroatoms. The van der Waals surface area contributed by atoms with Crippen LogP contribution in [0.25, 0.3) is 0 Å². The lowest BCUT2D eigenvalue weighted by Crippen LogP contribution is -2.40. The van der Waals surface area contributed by atoms with Crippen LogP contribution in [0.4, 0.5) is 5.82 Å². The van der Waals surface area contributed by atoms with Gasteiger partial charge in [0.05, 0.1) is 7.11 Å². The molecule has 1 saturated heterocycles. The summed E-state index contributed by atoms with van der Waals surface area (Å²) in [6.45, 7) is 3.15. The second kappa shape index (κ2) is 6.43. The van der Waals surface area contributed by atoms with E-state index in [1.165, 1.54) is 32.8 Å². The number of hydrogen-bond donors (Lipinski definition) is 1. The van der Waals surface area contributed by atoms with Crippen molar-refractivity contribution in [2.24, 2.45) is 5.92 Å². The fraction of sp³-hybridized carbons (Fsp3) is 0.625. The zero-order valence-corrected chi connectivity index (χ0v) is 12.5. The summed E-state index contributed by atoms with van der Waals surface area (Å²) in [6, 6.07) is 4.14. The summed E-state index contributed by atoms with van der Waals surface area (Å²) in [5.74, 6) is 1.12. The van der Waals surface area contributed by atoms with Gasteiger partial charge in [-0.1, -0.05) is 0 Å². The first-order chi connectivity index (χ1) is 10.3. The molecule has 0 spiro atoms. The van der Waals surface area contributed by atoms with Gasteiger partial charge in [-0.3, -0.25) is 0 Å². The molecule has 5 nitrogen and oxygen atoms in total. The Labute approximate surface area is 125 Å². The van der Waals surface area contributed by atoms with Crippen LogP contribution in [0, 0.1) is 5.92 Å². The highest BCUT2D eigenvalue weighted by Crippen LogP contribution is 2.33. The van der Waals surface area contributed by atoms with Crippen LogP contribution in [0.15, 0.2) is 18.3 Å². The number of nitrogens with zero attached hydrogens (tertiary/aromatic N) is 2. The molecule has 0 amide bonds. The molecule has 0 radical (unpaired) electrons. The van der Waals surface area contributed by atoms with Crippen LogP contribution >= 0.6 is 0 Å². The maximum absolute atomic E-state index is 12.0. The van der Waals surface area contributed by atoms with Crippen molar-refractivity contribution in [3.05, 3.63) is 23.9 Å². The number of piperidine rings is 1. The molecule has 1 N–H and O–H groups in total. The predicted molar refractivity (Wildman–Crippen MR) is 81.5 cm³/mol. The number of carbonyl (C=O) groups is 1. The van der Waals surface area contributed by atoms with Crippen molar-refractivity contribution in [2.75, 3.05) is 31.6 Å². The molecule has 114 valence electrons. The van der Waals surface area contributed by atoms with Crippen LogP contribution in [-0.4, -0.2) is 43.7 Å². The first-order valence-electron chi connectivity index (χ1n) is 7.80. The van der Waals surface area contributed by atoms with E-state index in [1.807, 2.05) is 6.07 Å². The molecule has 2 fully saturated rings. The molecule has 0 aromatic carbocycles. The summed E-state index contributed by atoms with van der Waals surface area (Å²) in [7, 11) is 1.42. The Morgan fingerprint density at radius 2 is 2.33 bits per heavy atom. The monoisotopic (exact) mass is 289 g/mol. The lowest BCUT2D eigenvalue weighted by Gasteiger charge is -2.31. The molecule has 0 bridgehead atoms. The second-order valence-electron chi connectivity index (χ2n) is 5.96. The topological polar surface area (TPSA) is 54.5 Å². The highest BCUT2D eigenvalue weighted by atomic mass is 16.5. The molecule has 1 atom stereocenters. The Hall–Kier alpha value is -1.62. The number of hydrogen-bond acceptors (Lipinski definition) is 5. The third-order valence-electron chi connectivity index (χ3n) is 4.31. The standard InChI is InChI=1S/C16H23N3O2/c1-21-16(20)14-5-3-9-18-15(14)19(13-6-7-13)11-12-4-2-8-17-10-12/h3,5,9,12-13,17H,2,4,6-8,10-11H2,1H3. The molecule has 1 saturated carbocycles. The molecule has 2 heterocycles. The summed E-state index contributed by atoms with van der Waals surface area (Å²) in [5.41, 5.74) is 0.579. The molecule has 1 aromatic rings. The smallest absolute Gasteiger partial charge is 0.341 e. The number of anilines is 1. The first kappa shape index (κ1) is 14.3. The van der Waals surface area contributed by atoms with E-state index in [9.17, 15) is 4.79 Å². The maximum atomic E-state index is 12.0. The highest BCUT2D eigenvalue weighted by molar-refractivity contribution is 5.94. The van der Waals surface area contributed by atoms with Gasteiger partial charge in [0, 0.05) is 18.8 Å². The molecule has 21 heavy (non-hydrogen) atoms. The van der Waals surface area contributed by atoms with Gasteiger partial charge in [-0.05, 0) is 56.8 Å². The van der Waals surface area contributed by atoms with E-state index in [0.717, 1.165) is 25.5 Å². The molecule has 1 aliphatic heterocycles. The molecular formula is C16H23N3O2. The summed E-state index contributed by atoms with van der Waals surface area (Å²) < 4.78 is 4.90. The highest BCUT2D eigenvalue weighted by Gasteiger charge is 2.34. The van der Waals surface area contributed by atoms with E-state index in [-0.39, 0.29) is 5.97 Å². The Morgan fingerprint density at radius 3 is 3.00 bits per heavy atom. The molecule has 2 aliphatic rings. The van der Waals surface area contributed by atoms with Crippen LogP contribution in [-0.2, 0) is 4.74 Å². The largest absolute Gasteiger partial charge is 0.465 e. The average Bonchev–Trinajstić information content (AvgIpc) is 3.38. The predicted octanol–water partition coefficient (Wildman–Crippen LogP) is 1.84. The summed E-state index contributed by atoms with van der Waals surface area (Å²) in [6.07, 6.45) is 6.62. The van der Waals surface area contributed by atoms with Gasteiger partial charge in [-0.25, -0.2) is 9.78 Å². The minimum atomic E-state index is -0.300. The van der Waals surface area contributed by atoms with Crippen molar-refractivity contribution in [3.8, 4) is 0 Å². The maximum Gasteiger partial charge on any atom is 0.341 e. The van der Waals surface area contributed by atoms with Gasteiger partial charge in [0.15, 0.2) is 0 Å². The first-order valence-corrected chi connectivity index (χ1v) is 7.80. The zero-order chi connectivity index (χ0) is 14.7. The fourth-order valence-electron chi connectivity index (χ4n) is 3.05. The SMILES string of the molecule is COC(=O)c1cccnc1N(CC1CCCNC1)C1CC1. The van der Waals surface area contributed by atoms with Gasteiger partial charge in [0.2, 0.25) is 0 Å². The minimum absolute atomic E-state index is 0.300. The second-order valence-corrected chi connectivity index (χ2v) is 5.96. The van der Waals surface area contributed by atoms with Crippen molar-refractivity contribution in [3.63, 3.8) is 0 Å². The summed E-state index contributed by atoms with van der Waals surface area (Å²) in [4.78, 5) is 18.8. The van der Waals surface area contributed by atoms with Gasteiger partial charge in [0.25, 0.3) is 0 Å². The van der Waals surface area contributed by atoms with Gasteiger partial charge in [-0.15, -0.1) is 0 Å². The van der Waals surface area contributed by atoms with E-state index >= 15 is 0 Å². The van der Waals surface area contributed by atoms with Gasteiger partial charge in [0.1, 0.15) is 11.4 Å². The van der Waals surface area contributed by atoms with Crippen LogP contribution in [0.5, 0.6) is 0 Å². The molecule has 1 aliphatic carbocycles.